The minimum atomic E-state index is 0.647. The third-order valence-electron chi connectivity index (χ3n) is 3.30. The Morgan fingerprint density at radius 3 is 2.52 bits per heavy atom. The average Bonchev–Trinajstić information content (AvgIpc) is 2.53. The average molecular weight is 289 g/mol. The van der Waals surface area contributed by atoms with E-state index in [1.54, 1.807) is 14.2 Å². The zero-order valence-electron chi connectivity index (χ0n) is 12.7. The van der Waals surface area contributed by atoms with E-state index in [9.17, 15) is 0 Å². The molecule has 0 saturated carbocycles. The first-order valence-electron chi connectivity index (χ1n) is 7.17. The van der Waals surface area contributed by atoms with Crippen molar-refractivity contribution in [3.63, 3.8) is 0 Å². The van der Waals surface area contributed by atoms with E-state index < -0.39 is 0 Å². The summed E-state index contributed by atoms with van der Waals surface area (Å²) in [5, 5.41) is 5.80. The molecular weight excluding hydrogens is 266 g/mol. The van der Waals surface area contributed by atoms with Crippen LogP contribution in [0.2, 0.25) is 0 Å². The Kier molecular flexibility index (Phi) is 6.47. The summed E-state index contributed by atoms with van der Waals surface area (Å²) in [6.07, 6.45) is 0. The summed E-state index contributed by atoms with van der Waals surface area (Å²) in [5.74, 6) is 0.890. The summed E-state index contributed by atoms with van der Waals surface area (Å²) < 4.78 is 15.6. The van der Waals surface area contributed by atoms with Crippen LogP contribution >= 0.6 is 0 Å². The zero-order chi connectivity index (χ0) is 14.9. The predicted molar refractivity (Wildman–Crippen MR) is 84.9 cm³/mol. The molecule has 4 nitrogen and oxygen atoms in total. The summed E-state index contributed by atoms with van der Waals surface area (Å²) in [5.41, 5.74) is 1.27. The molecule has 0 aromatic heterocycles. The van der Waals surface area contributed by atoms with Gasteiger partial charge in [-0.15, -0.1) is 0 Å². The second kappa shape index (κ2) is 8.62. The van der Waals surface area contributed by atoms with E-state index in [1.165, 1.54) is 16.3 Å². The van der Waals surface area contributed by atoms with Crippen LogP contribution in [-0.4, -0.2) is 40.6 Å². The topological polar surface area (TPSA) is 39.7 Å². The molecule has 4 heteroatoms. The molecule has 0 aliphatic rings. The molecule has 2 aromatic carbocycles. The quantitative estimate of drug-likeness (QED) is 0.720. The third-order valence-corrected chi connectivity index (χ3v) is 3.30. The van der Waals surface area contributed by atoms with Gasteiger partial charge in [0.1, 0.15) is 5.75 Å². The molecule has 0 saturated heterocycles. The Morgan fingerprint density at radius 2 is 1.71 bits per heavy atom. The highest BCUT2D eigenvalue weighted by Gasteiger charge is 1.99. The van der Waals surface area contributed by atoms with Crippen LogP contribution in [0.5, 0.6) is 5.75 Å². The van der Waals surface area contributed by atoms with Crippen LogP contribution in [-0.2, 0) is 16.0 Å². The Morgan fingerprint density at radius 1 is 0.905 bits per heavy atom. The summed E-state index contributed by atoms with van der Waals surface area (Å²) in [6, 6.07) is 12.6. The molecule has 0 radical (unpaired) electrons. The number of nitrogens with one attached hydrogen (secondary N) is 1. The lowest BCUT2D eigenvalue weighted by Gasteiger charge is -2.08. The second-order valence-electron chi connectivity index (χ2n) is 4.83. The molecule has 0 fully saturated rings. The Balaban J connectivity index is 1.80. The molecule has 0 spiro atoms. The predicted octanol–water partition coefficient (Wildman–Crippen LogP) is 2.60. The van der Waals surface area contributed by atoms with E-state index in [-0.39, 0.29) is 0 Å². The van der Waals surface area contributed by atoms with Gasteiger partial charge >= 0.3 is 0 Å². The van der Waals surface area contributed by atoms with E-state index >= 15 is 0 Å². The largest absolute Gasteiger partial charge is 0.497 e. The van der Waals surface area contributed by atoms with Crippen molar-refractivity contribution < 1.29 is 14.2 Å². The van der Waals surface area contributed by atoms with Crippen molar-refractivity contribution >= 4 is 10.8 Å². The van der Waals surface area contributed by atoms with Crippen molar-refractivity contribution in [2.45, 2.75) is 6.54 Å². The number of rotatable bonds is 9. The summed E-state index contributed by atoms with van der Waals surface area (Å²) in [6.45, 7) is 3.68. The van der Waals surface area contributed by atoms with Gasteiger partial charge in [0.25, 0.3) is 0 Å². The molecule has 0 unspecified atom stereocenters. The molecule has 0 atom stereocenters. The van der Waals surface area contributed by atoms with Crippen molar-refractivity contribution in [1.82, 2.24) is 5.32 Å². The van der Waals surface area contributed by atoms with Crippen molar-refractivity contribution in [2.75, 3.05) is 40.6 Å². The SMILES string of the molecule is COCCOCCNCc1ccc2cc(OC)ccc2c1. The van der Waals surface area contributed by atoms with E-state index in [2.05, 4.69) is 35.6 Å². The lowest BCUT2D eigenvalue weighted by atomic mass is 10.1. The van der Waals surface area contributed by atoms with Gasteiger partial charge in [0.05, 0.1) is 26.9 Å². The fourth-order valence-electron chi connectivity index (χ4n) is 2.13. The van der Waals surface area contributed by atoms with Gasteiger partial charge in [-0.3, -0.25) is 0 Å². The molecule has 0 bridgehead atoms. The van der Waals surface area contributed by atoms with E-state index in [0.717, 1.165) is 18.8 Å². The van der Waals surface area contributed by atoms with Crippen molar-refractivity contribution in [3.05, 3.63) is 42.0 Å². The molecular formula is C17H23NO3. The molecule has 1 N–H and O–H groups in total. The highest BCUT2D eigenvalue weighted by molar-refractivity contribution is 5.84. The molecule has 0 aliphatic carbocycles. The first kappa shape index (κ1) is 15.8. The fourth-order valence-corrected chi connectivity index (χ4v) is 2.13. The van der Waals surface area contributed by atoms with Crippen LogP contribution in [0.4, 0.5) is 0 Å². The number of methoxy groups -OCH3 is 2. The lowest BCUT2D eigenvalue weighted by Crippen LogP contribution is -2.20. The first-order valence-corrected chi connectivity index (χ1v) is 7.17. The second-order valence-corrected chi connectivity index (χ2v) is 4.83. The molecule has 21 heavy (non-hydrogen) atoms. The first-order chi connectivity index (χ1) is 10.3. The highest BCUT2D eigenvalue weighted by atomic mass is 16.5. The van der Waals surface area contributed by atoms with Crippen LogP contribution in [0.1, 0.15) is 5.56 Å². The number of benzene rings is 2. The maximum Gasteiger partial charge on any atom is 0.119 e. The zero-order valence-corrected chi connectivity index (χ0v) is 12.7. The van der Waals surface area contributed by atoms with Crippen LogP contribution in [0.3, 0.4) is 0 Å². The lowest BCUT2D eigenvalue weighted by molar-refractivity contribution is 0.0719. The third kappa shape index (κ3) is 5.01. The number of ether oxygens (including phenoxy) is 3. The maximum atomic E-state index is 5.41. The Labute approximate surface area is 126 Å². The molecule has 0 aliphatic heterocycles. The molecule has 2 aromatic rings. The van der Waals surface area contributed by atoms with Gasteiger partial charge in [-0.1, -0.05) is 18.2 Å². The Hall–Kier alpha value is -1.62. The van der Waals surface area contributed by atoms with Gasteiger partial charge in [-0.2, -0.15) is 0 Å². The van der Waals surface area contributed by atoms with Crippen molar-refractivity contribution in [3.8, 4) is 5.75 Å². The van der Waals surface area contributed by atoms with Crippen LogP contribution < -0.4 is 10.1 Å². The van der Waals surface area contributed by atoms with Gasteiger partial charge in [-0.25, -0.2) is 0 Å². The van der Waals surface area contributed by atoms with E-state index in [0.29, 0.717) is 19.8 Å². The summed E-state index contributed by atoms with van der Waals surface area (Å²) in [4.78, 5) is 0. The minimum Gasteiger partial charge on any atom is -0.497 e. The van der Waals surface area contributed by atoms with E-state index in [4.69, 9.17) is 14.2 Å². The van der Waals surface area contributed by atoms with Gasteiger partial charge in [-0.05, 0) is 34.5 Å². The fraction of sp³-hybridized carbons (Fsp3) is 0.412. The van der Waals surface area contributed by atoms with Crippen molar-refractivity contribution in [1.29, 1.82) is 0 Å². The minimum absolute atomic E-state index is 0.647. The number of hydrogen-bond acceptors (Lipinski definition) is 4. The molecule has 0 heterocycles. The molecule has 0 amide bonds. The van der Waals surface area contributed by atoms with Crippen LogP contribution in [0, 0.1) is 0 Å². The van der Waals surface area contributed by atoms with Crippen molar-refractivity contribution in [2.24, 2.45) is 0 Å². The van der Waals surface area contributed by atoms with Gasteiger partial charge in [0.2, 0.25) is 0 Å². The standard InChI is InChI=1S/C17H23NO3/c1-19-9-10-21-8-7-18-13-14-3-4-16-12-17(20-2)6-5-15(16)11-14/h3-6,11-12,18H,7-10,13H2,1-2H3. The molecule has 2 rings (SSSR count). The smallest absolute Gasteiger partial charge is 0.119 e. The maximum absolute atomic E-state index is 5.41. The van der Waals surface area contributed by atoms with Gasteiger partial charge in [0, 0.05) is 20.2 Å². The number of fused-ring (bicyclic) bond motifs is 1. The number of hydrogen-bond donors (Lipinski definition) is 1. The summed E-state index contributed by atoms with van der Waals surface area (Å²) >= 11 is 0. The highest BCUT2D eigenvalue weighted by Crippen LogP contribution is 2.21. The van der Waals surface area contributed by atoms with E-state index in [1.807, 2.05) is 6.07 Å². The monoisotopic (exact) mass is 289 g/mol. The molecule has 114 valence electrons. The summed E-state index contributed by atoms with van der Waals surface area (Å²) in [7, 11) is 3.37. The van der Waals surface area contributed by atoms with Gasteiger partial charge in [0.15, 0.2) is 0 Å². The van der Waals surface area contributed by atoms with Gasteiger partial charge < -0.3 is 19.5 Å². The van der Waals surface area contributed by atoms with Crippen LogP contribution in [0.25, 0.3) is 10.8 Å². The normalized spacial score (nSPS) is 11.0. The Bertz CT molecular complexity index is 557. The van der Waals surface area contributed by atoms with Crippen LogP contribution in [0.15, 0.2) is 36.4 Å².